The largest absolute Gasteiger partial charge is 0.302 e. The van der Waals surface area contributed by atoms with Crippen molar-refractivity contribution in [1.29, 1.82) is 0 Å². The molecule has 30 heavy (non-hydrogen) atoms. The number of benzene rings is 2. The van der Waals surface area contributed by atoms with Crippen LogP contribution in [0.5, 0.6) is 0 Å². The molecule has 1 fully saturated rings. The number of hydrogen-bond donors (Lipinski definition) is 0. The molecule has 1 atom stereocenters. The second-order valence-corrected chi connectivity index (χ2v) is 9.74. The van der Waals surface area contributed by atoms with Gasteiger partial charge < -0.3 is 9.24 Å². The Morgan fingerprint density at radius 3 is 2.50 bits per heavy atom. The molecule has 156 valence electrons. The van der Waals surface area contributed by atoms with Gasteiger partial charge in [-0.1, -0.05) is 30.3 Å². The van der Waals surface area contributed by atoms with Crippen molar-refractivity contribution in [3.63, 3.8) is 0 Å². The van der Waals surface area contributed by atoms with Crippen LogP contribution in [-0.2, 0) is 6.54 Å². The first kappa shape index (κ1) is 21.8. The van der Waals surface area contributed by atoms with Crippen molar-refractivity contribution >= 4 is 60.9 Å². The number of halogens is 1. The fourth-order valence-corrected chi connectivity index (χ4v) is 5.18. The van der Waals surface area contributed by atoms with Crippen LogP contribution in [0.1, 0.15) is 23.2 Å². The molecule has 0 N–H and O–H groups in total. The molecule has 0 radical (unpaired) electrons. The highest BCUT2D eigenvalue weighted by Crippen LogP contribution is 2.22. The molecule has 0 spiro atoms. The van der Waals surface area contributed by atoms with Gasteiger partial charge in [-0.05, 0) is 88.3 Å². The van der Waals surface area contributed by atoms with Crippen LogP contribution in [0.15, 0.2) is 53.3 Å². The Morgan fingerprint density at radius 2 is 1.80 bits per heavy atom. The lowest BCUT2D eigenvalue weighted by Crippen LogP contribution is -2.39. The minimum absolute atomic E-state index is 0.0404. The fraction of sp³-hybridized carbons (Fsp3) is 0.318. The van der Waals surface area contributed by atoms with E-state index in [2.05, 4.69) is 36.9 Å². The van der Waals surface area contributed by atoms with Gasteiger partial charge in [0.25, 0.3) is 5.56 Å². The maximum Gasteiger partial charge on any atom is 0.262 e. The van der Waals surface area contributed by atoms with E-state index in [0.29, 0.717) is 16.7 Å². The van der Waals surface area contributed by atoms with E-state index in [1.807, 2.05) is 52.9 Å². The molecule has 2 heterocycles. The van der Waals surface area contributed by atoms with E-state index < -0.39 is 0 Å². The summed E-state index contributed by atoms with van der Waals surface area (Å²) in [7, 11) is 2.62. The molecule has 1 aliphatic heterocycles. The molecule has 0 aliphatic carbocycles. The van der Waals surface area contributed by atoms with Crippen LogP contribution in [0.4, 0.5) is 0 Å². The lowest BCUT2D eigenvalue weighted by molar-refractivity contribution is 0.0837. The van der Waals surface area contributed by atoms with Crippen molar-refractivity contribution in [2.75, 3.05) is 19.6 Å². The zero-order valence-corrected chi connectivity index (χ0v) is 20.6. The van der Waals surface area contributed by atoms with E-state index in [-0.39, 0.29) is 17.3 Å². The van der Waals surface area contributed by atoms with Crippen molar-refractivity contribution in [3.8, 4) is 0 Å². The minimum atomic E-state index is -0.0404. The highest BCUT2D eigenvalue weighted by atomic mass is 127. The number of carbonyl (C=O) groups is 1. The van der Waals surface area contributed by atoms with Crippen molar-refractivity contribution in [2.45, 2.75) is 19.4 Å². The molecule has 8 heteroatoms. The topological polar surface area (TPSA) is 47.2 Å². The molecule has 0 saturated carbocycles. The number of nitrogens with zero attached hydrogens (tertiary/aromatic N) is 3. The van der Waals surface area contributed by atoms with Gasteiger partial charge in [0.05, 0.1) is 10.9 Å². The third-order valence-corrected chi connectivity index (χ3v) is 7.59. The van der Waals surface area contributed by atoms with Crippen LogP contribution in [-0.4, -0.2) is 39.2 Å². The molecule has 0 bridgehead atoms. The Bertz CT molecular complexity index is 1200. The van der Waals surface area contributed by atoms with Gasteiger partial charge in [0.2, 0.25) is 0 Å². The summed E-state index contributed by atoms with van der Waals surface area (Å²) in [6, 6.07) is 15.4. The summed E-state index contributed by atoms with van der Waals surface area (Å²) in [6.07, 6.45) is 1.70. The Balaban J connectivity index is 1.44. The quantitative estimate of drug-likeness (QED) is 0.205. The number of piperidine rings is 1. The van der Waals surface area contributed by atoms with Crippen LogP contribution >= 0.6 is 44.2 Å². The Kier molecular flexibility index (Phi) is 6.82. The zero-order valence-electron chi connectivity index (χ0n) is 16.5. The maximum absolute atomic E-state index is 13.0. The number of ketones is 1. The standard InChI is InChI=1S/C22H23IN3O2PS/c23-17-6-7-19-18(14-17)21(28)25(22(30)26(19)29)13-12-24-10-8-16(9-11-24)20(27)15-4-2-1-3-5-15/h1-7,14,16H,8-13,29H2. The summed E-state index contributed by atoms with van der Waals surface area (Å²) in [5.74, 6) is 0.324. The smallest absolute Gasteiger partial charge is 0.262 e. The van der Waals surface area contributed by atoms with Crippen LogP contribution in [0.3, 0.4) is 0 Å². The van der Waals surface area contributed by atoms with Gasteiger partial charge in [0, 0.05) is 28.1 Å². The van der Waals surface area contributed by atoms with E-state index in [9.17, 15) is 9.59 Å². The molecule has 2 aromatic carbocycles. The molecule has 1 aliphatic rings. The Morgan fingerprint density at radius 1 is 1.10 bits per heavy atom. The number of aromatic nitrogens is 2. The minimum Gasteiger partial charge on any atom is -0.302 e. The Hall–Kier alpha value is -1.41. The summed E-state index contributed by atoms with van der Waals surface area (Å²) in [5, 5.41) is 0.678. The summed E-state index contributed by atoms with van der Waals surface area (Å²) >= 11 is 7.77. The SMILES string of the molecule is O=C(c1ccccc1)C1CCN(CCn2c(=O)c3cc(I)ccc3n(P)c2=S)CC1. The summed E-state index contributed by atoms with van der Waals surface area (Å²) in [4.78, 5) is 28.0. The third kappa shape index (κ3) is 4.44. The van der Waals surface area contributed by atoms with Crippen molar-refractivity contribution in [2.24, 2.45) is 5.92 Å². The van der Waals surface area contributed by atoms with E-state index in [0.717, 1.165) is 47.1 Å². The van der Waals surface area contributed by atoms with Crippen LogP contribution in [0.25, 0.3) is 10.9 Å². The van der Waals surface area contributed by atoms with Crippen LogP contribution in [0, 0.1) is 14.3 Å². The van der Waals surface area contributed by atoms with Gasteiger partial charge in [-0.3, -0.25) is 14.2 Å². The van der Waals surface area contributed by atoms with E-state index in [4.69, 9.17) is 12.2 Å². The average molecular weight is 551 g/mol. The first-order valence-electron chi connectivity index (χ1n) is 9.97. The van der Waals surface area contributed by atoms with Gasteiger partial charge in [0.15, 0.2) is 10.6 Å². The molecule has 5 nitrogen and oxygen atoms in total. The number of hydrogen-bond acceptors (Lipinski definition) is 4. The number of likely N-dealkylation sites (tertiary alicyclic amines) is 1. The summed E-state index contributed by atoms with van der Waals surface area (Å²) < 4.78 is 5.04. The zero-order chi connectivity index (χ0) is 21.3. The van der Waals surface area contributed by atoms with Crippen LogP contribution < -0.4 is 5.56 Å². The third-order valence-electron chi connectivity index (χ3n) is 5.79. The van der Waals surface area contributed by atoms with Crippen molar-refractivity contribution in [3.05, 3.63) is 72.8 Å². The fourth-order valence-electron chi connectivity index (χ4n) is 4.05. The van der Waals surface area contributed by atoms with Gasteiger partial charge in [-0.15, -0.1) is 0 Å². The molecular weight excluding hydrogens is 528 g/mol. The predicted octanol–water partition coefficient (Wildman–Crippen LogP) is 4.37. The number of rotatable bonds is 5. The number of Topliss-reactive ketones (excluding diaryl/α,β-unsaturated/α-hetero) is 1. The highest BCUT2D eigenvalue weighted by molar-refractivity contribution is 14.1. The molecule has 1 aromatic heterocycles. The normalized spacial score (nSPS) is 15.5. The average Bonchev–Trinajstić information content (AvgIpc) is 2.78. The molecule has 1 saturated heterocycles. The second-order valence-electron chi connectivity index (χ2n) is 7.62. The van der Waals surface area contributed by atoms with Crippen molar-refractivity contribution < 1.29 is 4.79 Å². The van der Waals surface area contributed by atoms with E-state index in [1.165, 1.54) is 0 Å². The monoisotopic (exact) mass is 551 g/mol. The Labute approximate surface area is 196 Å². The molecule has 4 rings (SSSR count). The summed E-state index contributed by atoms with van der Waals surface area (Å²) in [6.45, 7) is 3.01. The predicted molar refractivity (Wildman–Crippen MR) is 135 cm³/mol. The second kappa shape index (κ2) is 9.39. The van der Waals surface area contributed by atoms with E-state index in [1.54, 1.807) is 4.57 Å². The van der Waals surface area contributed by atoms with Gasteiger partial charge in [0.1, 0.15) is 0 Å². The van der Waals surface area contributed by atoms with Crippen molar-refractivity contribution in [1.82, 2.24) is 13.8 Å². The molecular formula is C22H23IN3O2PS. The molecule has 1 unspecified atom stereocenters. The first-order chi connectivity index (χ1) is 14.5. The van der Waals surface area contributed by atoms with Crippen LogP contribution in [0.2, 0.25) is 0 Å². The first-order valence-corrected chi connectivity index (χ1v) is 12.0. The number of carbonyl (C=O) groups excluding carboxylic acids is 1. The lowest BCUT2D eigenvalue weighted by Gasteiger charge is -2.31. The molecule has 0 amide bonds. The lowest BCUT2D eigenvalue weighted by atomic mass is 9.89. The highest BCUT2D eigenvalue weighted by Gasteiger charge is 2.25. The van der Waals surface area contributed by atoms with Gasteiger partial charge >= 0.3 is 0 Å². The van der Waals surface area contributed by atoms with Gasteiger partial charge in [-0.25, -0.2) is 0 Å². The van der Waals surface area contributed by atoms with Gasteiger partial charge in [-0.2, -0.15) is 0 Å². The van der Waals surface area contributed by atoms with E-state index >= 15 is 0 Å². The molecule has 3 aromatic rings. The maximum atomic E-state index is 13.0. The summed E-state index contributed by atoms with van der Waals surface area (Å²) in [5.41, 5.74) is 1.59. The number of fused-ring (bicyclic) bond motifs is 1.